The van der Waals surface area contributed by atoms with Gasteiger partial charge in [0.25, 0.3) is 5.91 Å². The first-order valence-corrected chi connectivity index (χ1v) is 8.57. The largest absolute Gasteiger partial charge is 0.354 e. The second-order valence-corrected chi connectivity index (χ2v) is 6.50. The van der Waals surface area contributed by atoms with Crippen LogP contribution in [0.2, 0.25) is 0 Å². The van der Waals surface area contributed by atoms with Crippen molar-refractivity contribution in [2.75, 3.05) is 17.3 Å². The van der Waals surface area contributed by atoms with Crippen molar-refractivity contribution in [1.82, 2.24) is 10.2 Å². The number of carbonyl (C=O) groups excluding carboxylic acids is 1. The molecule has 0 bridgehead atoms. The summed E-state index contributed by atoms with van der Waals surface area (Å²) in [6.07, 6.45) is 0. The Kier molecular flexibility index (Phi) is 5.40. The molecule has 0 aliphatic rings. The SMILES string of the molecule is CN(Cc1ccccc1)c1ccc(NC(=O)c2ccc(Br)cc2)nn1. The molecule has 0 saturated carbocycles. The topological polar surface area (TPSA) is 58.1 Å². The summed E-state index contributed by atoms with van der Waals surface area (Å²) in [7, 11) is 1.96. The van der Waals surface area contributed by atoms with Crippen molar-refractivity contribution in [3.8, 4) is 0 Å². The van der Waals surface area contributed by atoms with E-state index in [9.17, 15) is 4.79 Å². The van der Waals surface area contributed by atoms with Gasteiger partial charge in [0, 0.05) is 23.6 Å². The Labute approximate surface area is 154 Å². The third-order valence-electron chi connectivity index (χ3n) is 3.65. The minimum Gasteiger partial charge on any atom is -0.354 e. The average Bonchev–Trinajstić information content (AvgIpc) is 2.63. The van der Waals surface area contributed by atoms with Crippen LogP contribution >= 0.6 is 15.9 Å². The highest BCUT2D eigenvalue weighted by atomic mass is 79.9. The second-order valence-electron chi connectivity index (χ2n) is 5.58. The van der Waals surface area contributed by atoms with Gasteiger partial charge in [0.1, 0.15) is 0 Å². The van der Waals surface area contributed by atoms with Crippen LogP contribution in [-0.4, -0.2) is 23.2 Å². The van der Waals surface area contributed by atoms with Crippen molar-refractivity contribution in [2.24, 2.45) is 0 Å². The quantitative estimate of drug-likeness (QED) is 0.704. The number of halogens is 1. The first-order valence-electron chi connectivity index (χ1n) is 7.77. The highest BCUT2D eigenvalue weighted by Crippen LogP contribution is 2.15. The van der Waals surface area contributed by atoms with E-state index in [1.807, 2.05) is 48.3 Å². The van der Waals surface area contributed by atoms with Crippen molar-refractivity contribution in [3.63, 3.8) is 0 Å². The van der Waals surface area contributed by atoms with Crippen LogP contribution in [0.1, 0.15) is 15.9 Å². The number of carbonyl (C=O) groups is 1. The highest BCUT2D eigenvalue weighted by Gasteiger charge is 2.09. The van der Waals surface area contributed by atoms with E-state index in [1.165, 1.54) is 5.56 Å². The van der Waals surface area contributed by atoms with Crippen molar-refractivity contribution >= 4 is 33.5 Å². The summed E-state index contributed by atoms with van der Waals surface area (Å²) in [6.45, 7) is 0.736. The van der Waals surface area contributed by atoms with Gasteiger partial charge in [-0.3, -0.25) is 4.79 Å². The zero-order chi connectivity index (χ0) is 17.6. The van der Waals surface area contributed by atoms with Gasteiger partial charge in [-0.15, -0.1) is 10.2 Å². The molecule has 126 valence electrons. The number of benzene rings is 2. The van der Waals surface area contributed by atoms with Crippen molar-refractivity contribution in [3.05, 3.63) is 82.3 Å². The lowest BCUT2D eigenvalue weighted by Crippen LogP contribution is -2.19. The molecule has 2 aromatic carbocycles. The number of aromatic nitrogens is 2. The molecule has 0 saturated heterocycles. The lowest BCUT2D eigenvalue weighted by molar-refractivity contribution is 0.102. The fourth-order valence-corrected chi connectivity index (χ4v) is 2.59. The summed E-state index contributed by atoms with van der Waals surface area (Å²) in [4.78, 5) is 14.2. The van der Waals surface area contributed by atoms with E-state index in [-0.39, 0.29) is 5.91 Å². The Hall–Kier alpha value is -2.73. The summed E-state index contributed by atoms with van der Waals surface area (Å²) in [5.74, 6) is 0.947. The number of hydrogen-bond donors (Lipinski definition) is 1. The number of hydrogen-bond acceptors (Lipinski definition) is 4. The van der Waals surface area contributed by atoms with Gasteiger partial charge in [-0.1, -0.05) is 46.3 Å². The molecule has 0 fully saturated rings. The molecule has 6 heteroatoms. The number of anilines is 2. The smallest absolute Gasteiger partial charge is 0.256 e. The molecule has 1 heterocycles. The molecular weight excluding hydrogens is 380 g/mol. The maximum atomic E-state index is 12.2. The van der Waals surface area contributed by atoms with Gasteiger partial charge in [0.2, 0.25) is 0 Å². The van der Waals surface area contributed by atoms with Crippen LogP contribution in [0.5, 0.6) is 0 Å². The summed E-state index contributed by atoms with van der Waals surface area (Å²) in [5, 5.41) is 11.0. The molecule has 0 spiro atoms. The van der Waals surface area contributed by atoms with Gasteiger partial charge in [0.15, 0.2) is 11.6 Å². The fraction of sp³-hybridized carbons (Fsp3) is 0.105. The van der Waals surface area contributed by atoms with Crippen LogP contribution in [0.25, 0.3) is 0 Å². The van der Waals surface area contributed by atoms with Gasteiger partial charge in [-0.2, -0.15) is 0 Å². The summed E-state index contributed by atoms with van der Waals surface area (Å²) in [6, 6.07) is 20.9. The molecule has 1 amide bonds. The third-order valence-corrected chi connectivity index (χ3v) is 4.18. The van der Waals surface area contributed by atoms with Crippen LogP contribution < -0.4 is 10.2 Å². The van der Waals surface area contributed by atoms with Crippen LogP contribution in [0, 0.1) is 0 Å². The fourth-order valence-electron chi connectivity index (χ4n) is 2.32. The minimum absolute atomic E-state index is 0.216. The predicted octanol–water partition coefficient (Wildman–Crippen LogP) is 4.13. The summed E-state index contributed by atoms with van der Waals surface area (Å²) in [5.41, 5.74) is 1.76. The highest BCUT2D eigenvalue weighted by molar-refractivity contribution is 9.10. The van der Waals surface area contributed by atoms with Crippen LogP contribution in [-0.2, 0) is 6.54 Å². The van der Waals surface area contributed by atoms with Gasteiger partial charge >= 0.3 is 0 Å². The predicted molar refractivity (Wildman–Crippen MR) is 103 cm³/mol. The average molecular weight is 397 g/mol. The van der Waals surface area contributed by atoms with E-state index in [1.54, 1.807) is 18.2 Å². The van der Waals surface area contributed by atoms with E-state index in [2.05, 4.69) is 43.6 Å². The first-order chi connectivity index (χ1) is 12.1. The number of amides is 1. The Morgan fingerprint density at radius 2 is 1.72 bits per heavy atom. The standard InChI is InChI=1S/C19H17BrN4O/c1-24(13-14-5-3-2-4-6-14)18-12-11-17(22-23-18)21-19(25)15-7-9-16(20)10-8-15/h2-12H,13H2,1H3,(H,21,22,25). The molecule has 25 heavy (non-hydrogen) atoms. The Morgan fingerprint density at radius 3 is 2.36 bits per heavy atom. The molecule has 3 aromatic rings. The molecule has 1 aromatic heterocycles. The number of nitrogens with one attached hydrogen (secondary N) is 1. The maximum Gasteiger partial charge on any atom is 0.256 e. The zero-order valence-corrected chi connectivity index (χ0v) is 15.3. The summed E-state index contributed by atoms with van der Waals surface area (Å²) < 4.78 is 0.926. The summed E-state index contributed by atoms with van der Waals surface area (Å²) >= 11 is 3.35. The van der Waals surface area contributed by atoms with E-state index in [0.717, 1.165) is 16.8 Å². The molecule has 0 radical (unpaired) electrons. The van der Waals surface area contributed by atoms with Gasteiger partial charge in [-0.25, -0.2) is 0 Å². The van der Waals surface area contributed by atoms with E-state index in [4.69, 9.17) is 0 Å². The van der Waals surface area contributed by atoms with Crippen molar-refractivity contribution in [1.29, 1.82) is 0 Å². The van der Waals surface area contributed by atoms with Crippen molar-refractivity contribution < 1.29 is 4.79 Å². The third kappa shape index (κ3) is 4.64. The Bertz CT molecular complexity index is 836. The Morgan fingerprint density at radius 1 is 1.00 bits per heavy atom. The number of nitrogens with zero attached hydrogens (tertiary/aromatic N) is 3. The molecule has 0 unspecified atom stereocenters. The van der Waals surface area contributed by atoms with Gasteiger partial charge < -0.3 is 10.2 Å². The maximum absolute atomic E-state index is 12.2. The van der Waals surface area contributed by atoms with Crippen LogP contribution in [0.4, 0.5) is 11.6 Å². The van der Waals surface area contributed by atoms with E-state index >= 15 is 0 Å². The molecule has 0 aliphatic heterocycles. The molecule has 1 N–H and O–H groups in total. The molecular formula is C19H17BrN4O. The molecule has 5 nitrogen and oxygen atoms in total. The first kappa shape index (κ1) is 17.1. The van der Waals surface area contributed by atoms with Crippen LogP contribution in [0.3, 0.4) is 0 Å². The van der Waals surface area contributed by atoms with E-state index in [0.29, 0.717) is 11.4 Å². The second kappa shape index (κ2) is 7.90. The van der Waals surface area contributed by atoms with Crippen molar-refractivity contribution in [2.45, 2.75) is 6.54 Å². The molecule has 3 rings (SSSR count). The van der Waals surface area contributed by atoms with E-state index < -0.39 is 0 Å². The lowest BCUT2D eigenvalue weighted by Gasteiger charge is -2.17. The minimum atomic E-state index is -0.216. The van der Waals surface area contributed by atoms with Crippen LogP contribution in [0.15, 0.2) is 71.2 Å². The monoisotopic (exact) mass is 396 g/mol. The molecule has 0 aliphatic carbocycles. The zero-order valence-electron chi connectivity index (χ0n) is 13.7. The van der Waals surface area contributed by atoms with Gasteiger partial charge in [-0.05, 0) is 42.0 Å². The lowest BCUT2D eigenvalue weighted by atomic mass is 10.2. The number of rotatable bonds is 5. The van der Waals surface area contributed by atoms with Gasteiger partial charge in [0.05, 0.1) is 0 Å². The Balaban J connectivity index is 1.63. The molecule has 0 atom stereocenters. The normalized spacial score (nSPS) is 10.3.